The lowest BCUT2D eigenvalue weighted by molar-refractivity contribution is 1.17. The van der Waals surface area contributed by atoms with E-state index in [0.717, 1.165) is 77.2 Å². The van der Waals surface area contributed by atoms with E-state index in [-0.39, 0.29) is 0 Å². The van der Waals surface area contributed by atoms with E-state index in [1.165, 1.54) is 0 Å². The summed E-state index contributed by atoms with van der Waals surface area (Å²) in [6, 6.07) is 56.7. The second-order valence-electron chi connectivity index (χ2n) is 12.7. The van der Waals surface area contributed by atoms with Crippen LogP contribution in [0.4, 0.5) is 0 Å². The SMILES string of the molecule is N#Cc1cc(-c2cc(-n3c4ccc(C#N)cc4c4cc(C#N)ccc43)ccc2-c2ccccc2C#N)cc(-n2c3ccccc3c3ccccc32)c1. The van der Waals surface area contributed by atoms with Crippen LogP contribution in [0.1, 0.15) is 22.3 Å². The predicted octanol–water partition coefficient (Wildman–Crippen LogP) is 10.7. The molecule has 0 fully saturated rings. The Morgan fingerprint density at radius 3 is 1.52 bits per heavy atom. The molecule has 6 nitrogen and oxygen atoms in total. The van der Waals surface area contributed by atoms with Gasteiger partial charge in [0.1, 0.15) is 0 Å². The summed E-state index contributed by atoms with van der Waals surface area (Å²) < 4.78 is 4.34. The molecule has 0 aliphatic rings. The van der Waals surface area contributed by atoms with Gasteiger partial charge in [0, 0.05) is 38.5 Å². The van der Waals surface area contributed by atoms with Gasteiger partial charge in [0.2, 0.25) is 0 Å². The molecule has 0 N–H and O–H groups in total. The summed E-state index contributed by atoms with van der Waals surface area (Å²) in [4.78, 5) is 0. The number of benzene rings is 7. The highest BCUT2D eigenvalue weighted by atomic mass is 15.0. The number of hydrogen-bond donors (Lipinski definition) is 0. The van der Waals surface area contributed by atoms with E-state index in [4.69, 9.17) is 0 Å². The molecule has 2 aromatic heterocycles. The average Bonchev–Trinajstić information content (AvgIpc) is 3.72. The van der Waals surface area contributed by atoms with Crippen LogP contribution in [0.25, 0.3) is 77.2 Å². The molecule has 9 rings (SSSR count). The van der Waals surface area contributed by atoms with Crippen molar-refractivity contribution in [1.82, 2.24) is 9.13 Å². The van der Waals surface area contributed by atoms with Gasteiger partial charge < -0.3 is 9.13 Å². The highest BCUT2D eigenvalue weighted by Crippen LogP contribution is 2.41. The Labute approximate surface area is 298 Å². The van der Waals surface area contributed by atoms with Crippen LogP contribution in [0.2, 0.25) is 0 Å². The van der Waals surface area contributed by atoms with E-state index in [9.17, 15) is 21.0 Å². The minimum absolute atomic E-state index is 0.504. The molecule has 238 valence electrons. The quantitative estimate of drug-likeness (QED) is 0.187. The predicted molar refractivity (Wildman–Crippen MR) is 205 cm³/mol. The van der Waals surface area contributed by atoms with Crippen molar-refractivity contribution in [1.29, 1.82) is 21.0 Å². The average molecular weight is 661 g/mol. The third-order valence-corrected chi connectivity index (χ3v) is 9.82. The van der Waals surface area contributed by atoms with E-state index in [1.807, 2.05) is 97.1 Å². The molecule has 0 aliphatic carbocycles. The van der Waals surface area contributed by atoms with E-state index in [2.05, 4.69) is 69.8 Å². The van der Waals surface area contributed by atoms with Gasteiger partial charge in [0.25, 0.3) is 0 Å². The van der Waals surface area contributed by atoms with Crippen LogP contribution in [0.15, 0.2) is 146 Å². The summed E-state index contributed by atoms with van der Waals surface area (Å²) in [7, 11) is 0. The molecule has 52 heavy (non-hydrogen) atoms. The maximum atomic E-state index is 10.4. The fourth-order valence-electron chi connectivity index (χ4n) is 7.56. The zero-order chi connectivity index (χ0) is 35.3. The second-order valence-corrected chi connectivity index (χ2v) is 12.7. The Morgan fingerprint density at radius 1 is 0.346 bits per heavy atom. The molecule has 6 heteroatoms. The van der Waals surface area contributed by atoms with E-state index in [0.29, 0.717) is 22.3 Å². The summed E-state index contributed by atoms with van der Waals surface area (Å²) in [6.45, 7) is 0. The Balaban J connectivity index is 1.36. The van der Waals surface area contributed by atoms with Gasteiger partial charge in [-0.2, -0.15) is 21.0 Å². The van der Waals surface area contributed by atoms with Crippen molar-refractivity contribution in [3.05, 3.63) is 168 Å². The maximum absolute atomic E-state index is 10.4. The fourth-order valence-corrected chi connectivity index (χ4v) is 7.56. The lowest BCUT2D eigenvalue weighted by atomic mass is 9.90. The summed E-state index contributed by atoms with van der Waals surface area (Å²) >= 11 is 0. The van der Waals surface area contributed by atoms with Crippen LogP contribution in [-0.2, 0) is 0 Å². The van der Waals surface area contributed by atoms with Gasteiger partial charge in [0.05, 0.1) is 68.6 Å². The van der Waals surface area contributed by atoms with Crippen LogP contribution < -0.4 is 0 Å². The first-order valence-electron chi connectivity index (χ1n) is 16.7. The Morgan fingerprint density at radius 2 is 0.904 bits per heavy atom. The molecule has 0 saturated heterocycles. The number of rotatable bonds is 4. The summed E-state index contributed by atoms with van der Waals surface area (Å²) in [5, 5.41) is 44.0. The topological polar surface area (TPSA) is 105 Å². The van der Waals surface area contributed by atoms with Crippen LogP contribution >= 0.6 is 0 Å². The number of nitriles is 4. The summed E-state index contributed by atoms with van der Waals surface area (Å²) in [5.74, 6) is 0. The lowest BCUT2D eigenvalue weighted by Gasteiger charge is -2.17. The first-order valence-corrected chi connectivity index (χ1v) is 16.7. The molecule has 2 heterocycles. The van der Waals surface area contributed by atoms with Crippen molar-refractivity contribution < 1.29 is 0 Å². The molecule has 0 bridgehead atoms. The second kappa shape index (κ2) is 11.9. The Bertz CT molecular complexity index is 3010. The highest BCUT2D eigenvalue weighted by molar-refractivity contribution is 6.11. The first kappa shape index (κ1) is 30.2. The molecule has 0 aliphatic heterocycles. The van der Waals surface area contributed by atoms with Gasteiger partial charge in [-0.25, -0.2) is 0 Å². The summed E-state index contributed by atoms with van der Waals surface area (Å²) in [6.07, 6.45) is 0. The van der Waals surface area contributed by atoms with E-state index in [1.54, 1.807) is 12.1 Å². The van der Waals surface area contributed by atoms with Crippen molar-refractivity contribution in [2.75, 3.05) is 0 Å². The third kappa shape index (κ3) is 4.62. The molecule has 0 atom stereocenters. The molecule has 0 spiro atoms. The van der Waals surface area contributed by atoms with Gasteiger partial charge in [0.15, 0.2) is 0 Å². The van der Waals surface area contributed by atoms with Crippen molar-refractivity contribution in [2.45, 2.75) is 0 Å². The number of nitrogens with zero attached hydrogens (tertiary/aromatic N) is 6. The Hall–Kier alpha value is -7.90. The summed E-state index contributed by atoms with van der Waals surface area (Å²) in [5.41, 5.74) is 10.9. The van der Waals surface area contributed by atoms with Gasteiger partial charge >= 0.3 is 0 Å². The van der Waals surface area contributed by atoms with Crippen LogP contribution in [-0.4, -0.2) is 9.13 Å². The fraction of sp³-hybridized carbons (Fsp3) is 0. The zero-order valence-corrected chi connectivity index (χ0v) is 27.5. The minimum atomic E-state index is 0.504. The molecule has 0 unspecified atom stereocenters. The van der Waals surface area contributed by atoms with Gasteiger partial charge in [-0.05, 0) is 102 Å². The van der Waals surface area contributed by atoms with Gasteiger partial charge in [-0.3, -0.25) is 0 Å². The molecule has 0 radical (unpaired) electrons. The molecule has 9 aromatic rings. The molecular weight excluding hydrogens is 637 g/mol. The number of para-hydroxylation sites is 2. The van der Waals surface area contributed by atoms with Crippen LogP contribution in [0.5, 0.6) is 0 Å². The molecule has 7 aromatic carbocycles. The first-order chi connectivity index (χ1) is 25.6. The largest absolute Gasteiger partial charge is 0.309 e. The zero-order valence-electron chi connectivity index (χ0n) is 27.5. The van der Waals surface area contributed by atoms with Crippen molar-refractivity contribution in [3.8, 4) is 57.9 Å². The minimum Gasteiger partial charge on any atom is -0.309 e. The maximum Gasteiger partial charge on any atom is 0.0998 e. The standard InChI is InChI=1S/C46H24N6/c47-25-29-13-17-45-41(21-29)42-22-30(26-48)14-18-46(42)51(45)34-15-16-37(36-8-2-1-7-32(36)28-50)40(24-34)33-19-31(27-49)20-35(23-33)52-43-11-5-3-9-38(43)39-10-4-6-12-44(39)52/h1-24H. The lowest BCUT2D eigenvalue weighted by Crippen LogP contribution is -1.99. The molecule has 0 amide bonds. The van der Waals surface area contributed by atoms with E-state index < -0.39 is 0 Å². The number of hydrogen-bond acceptors (Lipinski definition) is 4. The number of aromatic nitrogens is 2. The smallest absolute Gasteiger partial charge is 0.0998 e. The van der Waals surface area contributed by atoms with Crippen molar-refractivity contribution in [3.63, 3.8) is 0 Å². The van der Waals surface area contributed by atoms with Crippen molar-refractivity contribution in [2.24, 2.45) is 0 Å². The molecule has 0 saturated carbocycles. The number of fused-ring (bicyclic) bond motifs is 6. The highest BCUT2D eigenvalue weighted by Gasteiger charge is 2.19. The van der Waals surface area contributed by atoms with Crippen molar-refractivity contribution >= 4 is 43.6 Å². The normalized spacial score (nSPS) is 11.0. The van der Waals surface area contributed by atoms with Crippen LogP contribution in [0.3, 0.4) is 0 Å². The monoisotopic (exact) mass is 660 g/mol. The molecular formula is C46H24N6. The third-order valence-electron chi connectivity index (χ3n) is 9.82. The van der Waals surface area contributed by atoms with Crippen LogP contribution in [0, 0.1) is 45.3 Å². The van der Waals surface area contributed by atoms with Gasteiger partial charge in [-0.15, -0.1) is 0 Å². The van der Waals surface area contributed by atoms with Gasteiger partial charge in [-0.1, -0.05) is 60.7 Å². The van der Waals surface area contributed by atoms with E-state index >= 15 is 0 Å². The Kier molecular flexibility index (Phi) is 6.91.